The molecule has 0 aliphatic rings. The van der Waals surface area contributed by atoms with Gasteiger partial charge >= 0.3 is 5.97 Å². The number of aliphatic carboxylic acids is 1. The molecule has 2 N–H and O–H groups in total. The van der Waals surface area contributed by atoms with Crippen molar-refractivity contribution in [3.63, 3.8) is 0 Å². The highest BCUT2D eigenvalue weighted by atomic mass is 19.1. The molecule has 0 spiro atoms. The van der Waals surface area contributed by atoms with Crippen molar-refractivity contribution >= 4 is 5.97 Å². The van der Waals surface area contributed by atoms with Crippen LogP contribution in [0.4, 0.5) is 4.39 Å². The third-order valence-electron chi connectivity index (χ3n) is 1.86. The molecule has 1 aromatic carbocycles. The first kappa shape index (κ1) is 11.1. The van der Waals surface area contributed by atoms with Gasteiger partial charge in [0.05, 0.1) is 18.1 Å². The van der Waals surface area contributed by atoms with Gasteiger partial charge in [-0.1, -0.05) is 6.07 Å². The smallest absolute Gasteiger partial charge is 0.306 e. The van der Waals surface area contributed by atoms with Gasteiger partial charge in [-0.15, -0.1) is 0 Å². The molecule has 1 unspecified atom stereocenters. The number of carboxylic acids is 1. The number of aliphatic hydroxyl groups is 1. The zero-order valence-electron chi connectivity index (χ0n) is 7.64. The van der Waals surface area contributed by atoms with Crippen molar-refractivity contribution in [1.82, 2.24) is 0 Å². The van der Waals surface area contributed by atoms with Crippen molar-refractivity contribution in [2.24, 2.45) is 0 Å². The second-order valence-corrected chi connectivity index (χ2v) is 2.96. The molecule has 0 saturated carbocycles. The second-order valence-electron chi connectivity index (χ2n) is 2.96. The molecule has 1 rings (SSSR count). The maximum atomic E-state index is 12.9. The number of nitriles is 1. The van der Waals surface area contributed by atoms with Crippen LogP contribution >= 0.6 is 0 Å². The number of carboxylic acid groups (broad SMARTS) is 1. The fraction of sp³-hybridized carbons (Fsp3) is 0.200. The Labute approximate surface area is 85.2 Å². The van der Waals surface area contributed by atoms with Crippen molar-refractivity contribution in [1.29, 1.82) is 5.26 Å². The molecule has 0 saturated heterocycles. The molecule has 0 aromatic heterocycles. The zero-order valence-corrected chi connectivity index (χ0v) is 7.64. The van der Waals surface area contributed by atoms with Crippen LogP contribution in [0.2, 0.25) is 0 Å². The van der Waals surface area contributed by atoms with Gasteiger partial charge in [0.25, 0.3) is 0 Å². The van der Waals surface area contributed by atoms with E-state index >= 15 is 0 Å². The molecule has 0 radical (unpaired) electrons. The quantitative estimate of drug-likeness (QED) is 0.783. The topological polar surface area (TPSA) is 81.3 Å². The number of rotatable bonds is 3. The van der Waals surface area contributed by atoms with E-state index in [1.165, 1.54) is 6.07 Å². The highest BCUT2D eigenvalue weighted by molar-refractivity contribution is 5.67. The van der Waals surface area contributed by atoms with E-state index in [1.54, 1.807) is 6.07 Å². The average molecular weight is 209 g/mol. The Morgan fingerprint density at radius 1 is 1.60 bits per heavy atom. The summed E-state index contributed by atoms with van der Waals surface area (Å²) in [6.07, 6.45) is -1.70. The van der Waals surface area contributed by atoms with Crippen LogP contribution in [0.25, 0.3) is 0 Å². The number of nitrogens with zero attached hydrogens (tertiary/aromatic N) is 1. The average Bonchev–Trinajstić information content (AvgIpc) is 2.17. The fourth-order valence-corrected chi connectivity index (χ4v) is 1.12. The summed E-state index contributed by atoms with van der Waals surface area (Å²) < 4.78 is 12.9. The summed E-state index contributed by atoms with van der Waals surface area (Å²) in [7, 11) is 0. The summed E-state index contributed by atoms with van der Waals surface area (Å²) >= 11 is 0. The minimum absolute atomic E-state index is 0.211. The van der Waals surface area contributed by atoms with E-state index in [0.29, 0.717) is 0 Å². The van der Waals surface area contributed by atoms with Gasteiger partial charge in [-0.25, -0.2) is 4.39 Å². The maximum absolute atomic E-state index is 12.9. The number of hydrogen-bond acceptors (Lipinski definition) is 3. The molecule has 78 valence electrons. The highest BCUT2D eigenvalue weighted by Crippen LogP contribution is 2.19. The normalized spacial score (nSPS) is 11.8. The van der Waals surface area contributed by atoms with Crippen molar-refractivity contribution in [2.45, 2.75) is 12.5 Å². The third-order valence-corrected chi connectivity index (χ3v) is 1.86. The van der Waals surface area contributed by atoms with E-state index in [9.17, 15) is 14.3 Å². The minimum atomic E-state index is -1.23. The Hall–Kier alpha value is -1.93. The van der Waals surface area contributed by atoms with Crippen LogP contribution in [0, 0.1) is 17.1 Å². The molecule has 0 bridgehead atoms. The molecule has 0 amide bonds. The van der Waals surface area contributed by atoms with E-state index in [0.717, 1.165) is 12.1 Å². The molecule has 0 aliphatic carbocycles. The fourth-order valence-electron chi connectivity index (χ4n) is 1.12. The molecule has 1 aromatic rings. The van der Waals surface area contributed by atoms with E-state index in [-0.39, 0.29) is 11.1 Å². The lowest BCUT2D eigenvalue weighted by atomic mass is 10.0. The van der Waals surface area contributed by atoms with Crippen LogP contribution in [0.3, 0.4) is 0 Å². The predicted octanol–water partition coefficient (Wildman–Crippen LogP) is 1.21. The molecule has 1 atom stereocenters. The maximum Gasteiger partial charge on any atom is 0.306 e. The van der Waals surface area contributed by atoms with Crippen LogP contribution in [0.5, 0.6) is 0 Å². The molecule has 0 fully saturated rings. The Morgan fingerprint density at radius 3 is 2.80 bits per heavy atom. The molecular formula is C10H8FNO3. The monoisotopic (exact) mass is 209 g/mol. The van der Waals surface area contributed by atoms with Gasteiger partial charge in [-0.05, 0) is 17.7 Å². The van der Waals surface area contributed by atoms with E-state index in [2.05, 4.69) is 0 Å². The van der Waals surface area contributed by atoms with Crippen LogP contribution in [-0.2, 0) is 4.79 Å². The Balaban J connectivity index is 2.96. The van der Waals surface area contributed by atoms with E-state index in [4.69, 9.17) is 10.4 Å². The molecule has 5 heteroatoms. The zero-order chi connectivity index (χ0) is 11.4. The van der Waals surface area contributed by atoms with Crippen LogP contribution < -0.4 is 0 Å². The third kappa shape index (κ3) is 2.76. The van der Waals surface area contributed by atoms with E-state index < -0.39 is 24.3 Å². The Kier molecular flexibility index (Phi) is 3.37. The Bertz CT molecular complexity index is 425. The van der Waals surface area contributed by atoms with Crippen LogP contribution in [0.15, 0.2) is 18.2 Å². The summed E-state index contributed by atoms with van der Waals surface area (Å²) in [5.74, 6) is -1.85. The van der Waals surface area contributed by atoms with Crippen molar-refractivity contribution in [3.05, 3.63) is 35.1 Å². The van der Waals surface area contributed by atoms with Gasteiger partial charge in [0.2, 0.25) is 0 Å². The predicted molar refractivity (Wildman–Crippen MR) is 48.3 cm³/mol. The summed E-state index contributed by atoms with van der Waals surface area (Å²) in [6.45, 7) is 0. The van der Waals surface area contributed by atoms with Crippen LogP contribution in [-0.4, -0.2) is 16.2 Å². The summed E-state index contributed by atoms with van der Waals surface area (Å²) in [4.78, 5) is 10.3. The molecule has 0 heterocycles. The first-order chi connectivity index (χ1) is 7.04. The molecule has 0 aliphatic heterocycles. The van der Waals surface area contributed by atoms with Gasteiger partial charge in [0, 0.05) is 0 Å². The largest absolute Gasteiger partial charge is 0.481 e. The second kappa shape index (κ2) is 4.53. The Morgan fingerprint density at radius 2 is 2.27 bits per heavy atom. The number of hydrogen-bond donors (Lipinski definition) is 2. The number of benzene rings is 1. The lowest BCUT2D eigenvalue weighted by Crippen LogP contribution is -2.05. The van der Waals surface area contributed by atoms with Crippen molar-refractivity contribution in [3.8, 4) is 6.07 Å². The first-order valence-electron chi connectivity index (χ1n) is 4.14. The lowest BCUT2D eigenvalue weighted by molar-refractivity contribution is -0.139. The number of aliphatic hydroxyl groups excluding tert-OH is 1. The van der Waals surface area contributed by atoms with Crippen molar-refractivity contribution < 1.29 is 19.4 Å². The van der Waals surface area contributed by atoms with Crippen LogP contribution in [0.1, 0.15) is 23.7 Å². The van der Waals surface area contributed by atoms with Gasteiger partial charge < -0.3 is 10.2 Å². The summed E-state index contributed by atoms with van der Waals surface area (Å²) in [5, 5.41) is 26.3. The summed E-state index contributed by atoms with van der Waals surface area (Å²) in [6, 6.07) is 5.03. The van der Waals surface area contributed by atoms with Gasteiger partial charge in [-0.2, -0.15) is 5.26 Å². The lowest BCUT2D eigenvalue weighted by Gasteiger charge is -2.08. The van der Waals surface area contributed by atoms with Gasteiger partial charge in [0.15, 0.2) is 0 Å². The first-order valence-corrected chi connectivity index (χ1v) is 4.14. The SMILES string of the molecule is N#Cc1cc(C(O)CC(=O)O)ccc1F. The number of halogens is 1. The highest BCUT2D eigenvalue weighted by Gasteiger charge is 2.13. The van der Waals surface area contributed by atoms with Gasteiger partial charge in [0.1, 0.15) is 11.9 Å². The molecule has 15 heavy (non-hydrogen) atoms. The molecule has 4 nitrogen and oxygen atoms in total. The van der Waals surface area contributed by atoms with E-state index in [1.807, 2.05) is 0 Å². The van der Waals surface area contributed by atoms with Gasteiger partial charge in [-0.3, -0.25) is 4.79 Å². The number of carbonyl (C=O) groups is 1. The summed E-state index contributed by atoms with van der Waals surface area (Å²) in [5.41, 5.74) is 0.00675. The minimum Gasteiger partial charge on any atom is -0.481 e. The molecular weight excluding hydrogens is 201 g/mol. The standard InChI is InChI=1S/C10H8FNO3/c11-8-2-1-6(3-7(8)5-12)9(13)4-10(14)15/h1-3,9,13H,4H2,(H,14,15). The van der Waals surface area contributed by atoms with Crippen molar-refractivity contribution in [2.75, 3.05) is 0 Å².